The lowest BCUT2D eigenvalue weighted by Crippen LogP contribution is -2.61. The standard InChI is InChI=1S/C56H70N4O11/c1-4-5-8-15-38(31-45(62)44(30-36-13-9-6-10-14-36)59-48(65)16-11-7-12-29-60-49(66)23-24-50(60)67)52(68)58-40-20-17-37(18-21-40)35-71-53(69)57-34-47(64)56(70)28-26-43-42-22-19-39-32-41(61)25-27-54(39,2)51(42)46(63)33-55(43,56)3/h6,9-10,13-14,17-18,20-21,23-24,32,38,42-44,51,70H,4-5,7-8,11-12,15-16,19,22,25-31,33-35H2,1-3H3,(H,57,69)(H,58,68)(H,59,65)/t38-,42+,43+,44+,51-,54+,55+,56+/m1/s1. The lowest BCUT2D eigenvalue weighted by molar-refractivity contribution is -0.168. The zero-order chi connectivity index (χ0) is 50.9. The van der Waals surface area contributed by atoms with Crippen LogP contribution in [0.4, 0.5) is 10.5 Å². The van der Waals surface area contributed by atoms with Crippen molar-refractivity contribution in [1.29, 1.82) is 0 Å². The molecule has 4 aliphatic carbocycles. The van der Waals surface area contributed by atoms with Crippen molar-refractivity contribution in [2.24, 2.45) is 34.5 Å². The molecule has 0 aromatic heterocycles. The molecule has 2 aromatic rings. The van der Waals surface area contributed by atoms with Crippen LogP contribution in [-0.4, -0.2) is 87.6 Å². The number of nitrogens with one attached hydrogen (secondary N) is 3. The summed E-state index contributed by atoms with van der Waals surface area (Å²) < 4.78 is 5.42. The highest BCUT2D eigenvalue weighted by Gasteiger charge is 2.68. The number of fused-ring (bicyclic) bond motifs is 5. The zero-order valence-corrected chi connectivity index (χ0v) is 41.4. The Morgan fingerprint density at radius 1 is 0.845 bits per heavy atom. The third-order valence-corrected chi connectivity index (χ3v) is 16.4. The normalized spacial score (nSPS) is 26.4. The number of carbonyl (C=O) groups excluding carboxylic acids is 9. The Morgan fingerprint density at radius 2 is 1.58 bits per heavy atom. The van der Waals surface area contributed by atoms with Gasteiger partial charge in [0.1, 0.15) is 18.0 Å². The maximum atomic E-state index is 14.0. The highest BCUT2D eigenvalue weighted by atomic mass is 16.5. The van der Waals surface area contributed by atoms with E-state index in [1.54, 1.807) is 30.3 Å². The molecular weight excluding hydrogens is 905 g/mol. The van der Waals surface area contributed by atoms with E-state index in [1.807, 2.05) is 37.3 Å². The molecule has 1 aliphatic heterocycles. The lowest BCUT2D eigenvalue weighted by Gasteiger charge is -2.57. The second-order valence-corrected chi connectivity index (χ2v) is 21.0. The van der Waals surface area contributed by atoms with Crippen LogP contribution in [0.5, 0.6) is 0 Å². The quantitative estimate of drug-likeness (QED) is 0.0642. The number of hydrogen-bond acceptors (Lipinski definition) is 11. The van der Waals surface area contributed by atoms with E-state index in [-0.39, 0.29) is 109 Å². The summed E-state index contributed by atoms with van der Waals surface area (Å²) in [5.74, 6) is -2.95. The van der Waals surface area contributed by atoms with Crippen LogP contribution in [0.3, 0.4) is 0 Å². The maximum Gasteiger partial charge on any atom is 0.407 e. The average molecular weight is 975 g/mol. The molecule has 5 aliphatic rings. The van der Waals surface area contributed by atoms with Crippen molar-refractivity contribution in [2.45, 2.75) is 148 Å². The molecule has 71 heavy (non-hydrogen) atoms. The summed E-state index contributed by atoms with van der Waals surface area (Å²) in [5.41, 5.74) is -0.172. The fourth-order valence-electron chi connectivity index (χ4n) is 12.4. The van der Waals surface area contributed by atoms with E-state index >= 15 is 0 Å². The van der Waals surface area contributed by atoms with Gasteiger partial charge in [-0.2, -0.15) is 0 Å². The molecule has 2 aromatic carbocycles. The van der Waals surface area contributed by atoms with Gasteiger partial charge < -0.3 is 25.8 Å². The summed E-state index contributed by atoms with van der Waals surface area (Å²) in [7, 11) is 0. The number of nitrogens with zero attached hydrogens (tertiary/aromatic N) is 1. The van der Waals surface area contributed by atoms with Crippen LogP contribution in [0.2, 0.25) is 0 Å². The molecule has 1 heterocycles. The fraction of sp³-hybridized carbons (Fsp3) is 0.554. The maximum absolute atomic E-state index is 14.0. The van der Waals surface area contributed by atoms with Gasteiger partial charge in [-0.05, 0) is 104 Å². The van der Waals surface area contributed by atoms with Crippen molar-refractivity contribution < 1.29 is 53.0 Å². The molecule has 0 saturated heterocycles. The van der Waals surface area contributed by atoms with Crippen LogP contribution >= 0.6 is 0 Å². The number of hydrogen-bond donors (Lipinski definition) is 4. The van der Waals surface area contributed by atoms with Gasteiger partial charge in [-0.15, -0.1) is 0 Å². The number of benzene rings is 2. The molecule has 5 amide bonds. The predicted octanol–water partition coefficient (Wildman–Crippen LogP) is 7.23. The topological polar surface area (TPSA) is 222 Å². The van der Waals surface area contributed by atoms with Crippen LogP contribution in [0.1, 0.15) is 135 Å². The van der Waals surface area contributed by atoms with Gasteiger partial charge in [-0.25, -0.2) is 4.79 Å². The van der Waals surface area contributed by atoms with E-state index in [4.69, 9.17) is 4.74 Å². The fourth-order valence-corrected chi connectivity index (χ4v) is 12.4. The zero-order valence-electron chi connectivity index (χ0n) is 41.4. The van der Waals surface area contributed by atoms with Crippen LogP contribution in [0, 0.1) is 34.5 Å². The van der Waals surface area contributed by atoms with Gasteiger partial charge in [0.05, 0.1) is 12.6 Å². The van der Waals surface area contributed by atoms with Crippen molar-refractivity contribution in [3.05, 3.63) is 89.5 Å². The van der Waals surface area contributed by atoms with E-state index in [9.17, 15) is 48.3 Å². The van der Waals surface area contributed by atoms with Gasteiger partial charge in [0.25, 0.3) is 11.8 Å². The first kappa shape index (κ1) is 52.7. The van der Waals surface area contributed by atoms with Crippen LogP contribution in [0.25, 0.3) is 0 Å². The molecule has 380 valence electrons. The number of ketones is 4. The van der Waals surface area contributed by atoms with Gasteiger partial charge in [-0.1, -0.05) is 94.5 Å². The van der Waals surface area contributed by atoms with E-state index < -0.39 is 41.4 Å². The largest absolute Gasteiger partial charge is 0.445 e. The minimum absolute atomic E-state index is 0.000462. The Hall–Kier alpha value is -6.09. The van der Waals surface area contributed by atoms with Crippen molar-refractivity contribution in [3.8, 4) is 0 Å². The minimum Gasteiger partial charge on any atom is -0.445 e. The second kappa shape index (κ2) is 23.0. The minimum atomic E-state index is -1.80. The first-order valence-corrected chi connectivity index (χ1v) is 25.7. The van der Waals surface area contributed by atoms with Gasteiger partial charge in [-0.3, -0.25) is 43.3 Å². The first-order chi connectivity index (χ1) is 33.9. The highest BCUT2D eigenvalue weighted by molar-refractivity contribution is 6.12. The molecular formula is C56H70N4O11. The number of ether oxygens (including phenoxy) is 1. The lowest BCUT2D eigenvalue weighted by atomic mass is 9.46. The van der Waals surface area contributed by atoms with E-state index in [1.165, 1.54) is 17.1 Å². The highest BCUT2D eigenvalue weighted by Crippen LogP contribution is 2.66. The number of aliphatic hydroxyl groups is 1. The average Bonchev–Trinajstić information content (AvgIpc) is 3.82. The third kappa shape index (κ3) is 12.0. The van der Waals surface area contributed by atoms with Gasteiger partial charge >= 0.3 is 6.09 Å². The Balaban J connectivity index is 0.886. The summed E-state index contributed by atoms with van der Waals surface area (Å²) in [6.07, 6.45) is 11.7. The molecule has 0 radical (unpaired) electrons. The Morgan fingerprint density at radius 3 is 2.30 bits per heavy atom. The summed E-state index contributed by atoms with van der Waals surface area (Å²) >= 11 is 0. The van der Waals surface area contributed by atoms with Gasteiger partial charge in [0.2, 0.25) is 11.8 Å². The number of Topliss-reactive ketones (excluding diaryl/α,β-unsaturated/α-hetero) is 3. The van der Waals surface area contributed by atoms with Crippen LogP contribution in [-0.2, 0) is 56.1 Å². The van der Waals surface area contributed by atoms with Crippen molar-refractivity contribution >= 4 is 58.5 Å². The molecule has 0 spiro atoms. The Labute approximate surface area is 416 Å². The molecule has 15 heteroatoms. The molecule has 8 atom stereocenters. The smallest absolute Gasteiger partial charge is 0.407 e. The number of rotatable bonds is 23. The van der Waals surface area contributed by atoms with Crippen LogP contribution < -0.4 is 16.0 Å². The Kier molecular flexibility index (Phi) is 17.1. The van der Waals surface area contributed by atoms with E-state index in [0.717, 1.165) is 43.2 Å². The van der Waals surface area contributed by atoms with Crippen molar-refractivity contribution in [3.63, 3.8) is 0 Å². The third-order valence-electron chi connectivity index (χ3n) is 16.4. The van der Waals surface area contributed by atoms with Crippen molar-refractivity contribution in [1.82, 2.24) is 15.5 Å². The van der Waals surface area contributed by atoms with Crippen LogP contribution in [0.15, 0.2) is 78.4 Å². The Bertz CT molecular complexity index is 2410. The number of amides is 5. The summed E-state index contributed by atoms with van der Waals surface area (Å²) in [4.78, 5) is 119. The molecule has 4 N–H and O–H groups in total. The number of carbonyl (C=O) groups is 9. The molecule has 0 unspecified atom stereocenters. The SMILES string of the molecule is CCCCC[C@H](CC(=O)[C@H](Cc1ccccc1)NC(=O)CCCCCN1C(=O)C=CC1=O)C(=O)Nc1ccc(COC(=O)NCC(=O)[C@@]2(O)CC[C@H]3[C@@H]4CCC5=CC(=O)CC[C@]5(C)[C@H]4C(=O)C[C@@]32C)cc1. The number of unbranched alkanes of at least 4 members (excludes halogenated alkanes) is 4. The monoisotopic (exact) mass is 975 g/mol. The summed E-state index contributed by atoms with van der Waals surface area (Å²) in [6, 6.07) is 15.2. The first-order valence-electron chi connectivity index (χ1n) is 25.7. The molecule has 15 nitrogen and oxygen atoms in total. The number of imide groups is 1. The van der Waals surface area contributed by atoms with Crippen molar-refractivity contribution in [2.75, 3.05) is 18.4 Å². The molecule has 7 rings (SSSR count). The molecule has 3 fully saturated rings. The summed E-state index contributed by atoms with van der Waals surface area (Å²) in [5, 5.41) is 20.4. The van der Waals surface area contributed by atoms with Gasteiger partial charge in [0.15, 0.2) is 17.3 Å². The van der Waals surface area contributed by atoms with E-state index in [2.05, 4.69) is 29.8 Å². The van der Waals surface area contributed by atoms with E-state index in [0.29, 0.717) is 56.2 Å². The molecule has 0 bridgehead atoms. The van der Waals surface area contributed by atoms with Gasteiger partial charge in [0, 0.05) is 67.3 Å². The predicted molar refractivity (Wildman–Crippen MR) is 264 cm³/mol. The molecule has 3 saturated carbocycles. The second-order valence-electron chi connectivity index (χ2n) is 21.0. The summed E-state index contributed by atoms with van der Waals surface area (Å²) in [6.45, 7) is 5.67. The number of allylic oxidation sites excluding steroid dienone is 1. The number of anilines is 1. The number of alkyl carbamates (subject to hydrolysis) is 1.